The van der Waals surface area contributed by atoms with Crippen LogP contribution in [0.15, 0.2) is 18.3 Å². The van der Waals surface area contributed by atoms with E-state index in [1.54, 1.807) is 6.07 Å². The zero-order valence-electron chi connectivity index (χ0n) is 11.6. The molecule has 6 nitrogen and oxygen atoms in total. The van der Waals surface area contributed by atoms with Crippen molar-refractivity contribution >= 4 is 5.69 Å². The number of hydrogen-bond donors (Lipinski definition) is 2. The molecule has 2 aromatic rings. The van der Waals surface area contributed by atoms with Crippen LogP contribution in [-0.4, -0.2) is 33.6 Å². The highest BCUT2D eigenvalue weighted by atomic mass is 19.1. The van der Waals surface area contributed by atoms with Crippen molar-refractivity contribution in [3.05, 3.63) is 41.2 Å². The Hall–Kier alpha value is -2.53. The van der Waals surface area contributed by atoms with Gasteiger partial charge < -0.3 is 10.0 Å². The van der Waals surface area contributed by atoms with Crippen LogP contribution in [0.1, 0.15) is 24.1 Å². The van der Waals surface area contributed by atoms with Crippen LogP contribution in [0, 0.1) is 23.0 Å². The van der Waals surface area contributed by atoms with Crippen molar-refractivity contribution in [2.24, 2.45) is 0 Å². The van der Waals surface area contributed by atoms with E-state index < -0.39 is 17.2 Å². The van der Waals surface area contributed by atoms with Crippen LogP contribution in [0.4, 0.5) is 14.5 Å². The normalized spacial score (nSPS) is 21.6. The van der Waals surface area contributed by atoms with Gasteiger partial charge in [0.2, 0.25) is 0 Å². The molecule has 0 aliphatic carbocycles. The molecule has 114 valence electrons. The van der Waals surface area contributed by atoms with Gasteiger partial charge in [-0.05, 0) is 25.0 Å². The van der Waals surface area contributed by atoms with Crippen molar-refractivity contribution in [1.82, 2.24) is 15.4 Å². The van der Waals surface area contributed by atoms with Gasteiger partial charge in [-0.3, -0.25) is 0 Å². The SMILES string of the molecule is N#Cc1cc(F)c(N2CCCC(O)(c3cn[nH]n3)C2)c(F)c1. The van der Waals surface area contributed by atoms with Gasteiger partial charge in [0.25, 0.3) is 0 Å². The minimum absolute atomic E-state index is 0.000721. The van der Waals surface area contributed by atoms with Gasteiger partial charge in [-0.2, -0.15) is 20.7 Å². The topological polar surface area (TPSA) is 88.8 Å². The fraction of sp³-hybridized carbons (Fsp3) is 0.357. The summed E-state index contributed by atoms with van der Waals surface area (Å²) in [5, 5.41) is 29.4. The van der Waals surface area contributed by atoms with Gasteiger partial charge >= 0.3 is 0 Å². The second-order valence-corrected chi connectivity index (χ2v) is 5.31. The number of benzene rings is 1. The van der Waals surface area contributed by atoms with E-state index in [0.717, 1.165) is 12.1 Å². The average molecular weight is 305 g/mol. The highest BCUT2D eigenvalue weighted by Gasteiger charge is 2.38. The number of nitriles is 1. The molecule has 1 aromatic carbocycles. The molecule has 0 spiro atoms. The standard InChI is InChI=1S/C14H13F2N5O/c15-10-4-9(6-17)5-11(16)13(10)21-3-1-2-14(22,8-21)12-7-18-20-19-12/h4-5,7,22H,1-3,8H2,(H,18,19,20). The summed E-state index contributed by atoms with van der Waals surface area (Å²) < 4.78 is 28.3. The third-order valence-corrected chi connectivity index (χ3v) is 3.82. The molecule has 1 saturated heterocycles. The van der Waals surface area contributed by atoms with Crippen molar-refractivity contribution < 1.29 is 13.9 Å². The van der Waals surface area contributed by atoms with E-state index >= 15 is 0 Å². The Balaban J connectivity index is 1.95. The average Bonchev–Trinajstić information content (AvgIpc) is 3.01. The van der Waals surface area contributed by atoms with Crippen molar-refractivity contribution in [1.29, 1.82) is 5.26 Å². The molecule has 0 amide bonds. The predicted molar refractivity (Wildman–Crippen MR) is 72.8 cm³/mol. The zero-order valence-corrected chi connectivity index (χ0v) is 11.6. The fourth-order valence-corrected chi connectivity index (χ4v) is 2.79. The lowest BCUT2D eigenvalue weighted by Gasteiger charge is -2.39. The van der Waals surface area contributed by atoms with Crippen LogP contribution in [0.25, 0.3) is 0 Å². The van der Waals surface area contributed by atoms with Gasteiger partial charge in [-0.15, -0.1) is 0 Å². The zero-order chi connectivity index (χ0) is 15.7. The number of H-pyrrole nitrogens is 1. The molecule has 1 atom stereocenters. The molecule has 1 unspecified atom stereocenters. The fourth-order valence-electron chi connectivity index (χ4n) is 2.79. The Morgan fingerprint density at radius 2 is 2.09 bits per heavy atom. The summed E-state index contributed by atoms with van der Waals surface area (Å²) in [6.07, 6.45) is 2.37. The first-order valence-electron chi connectivity index (χ1n) is 6.76. The summed E-state index contributed by atoms with van der Waals surface area (Å²) in [7, 11) is 0. The van der Waals surface area contributed by atoms with E-state index in [1.165, 1.54) is 11.1 Å². The van der Waals surface area contributed by atoms with E-state index in [2.05, 4.69) is 15.4 Å². The van der Waals surface area contributed by atoms with E-state index in [-0.39, 0.29) is 17.8 Å². The summed E-state index contributed by atoms with van der Waals surface area (Å²) in [6, 6.07) is 3.68. The van der Waals surface area contributed by atoms with Crippen LogP contribution >= 0.6 is 0 Å². The number of nitrogens with one attached hydrogen (secondary N) is 1. The maximum Gasteiger partial charge on any atom is 0.150 e. The molecule has 22 heavy (non-hydrogen) atoms. The van der Waals surface area contributed by atoms with Gasteiger partial charge in [0.05, 0.1) is 24.4 Å². The van der Waals surface area contributed by atoms with Crippen LogP contribution in [0.5, 0.6) is 0 Å². The number of anilines is 1. The number of piperidine rings is 1. The first-order chi connectivity index (χ1) is 10.5. The van der Waals surface area contributed by atoms with E-state index in [1.807, 2.05) is 0 Å². The maximum absolute atomic E-state index is 14.1. The van der Waals surface area contributed by atoms with E-state index in [0.29, 0.717) is 25.1 Å². The van der Waals surface area contributed by atoms with Crippen molar-refractivity contribution in [2.75, 3.05) is 18.0 Å². The second-order valence-electron chi connectivity index (χ2n) is 5.31. The van der Waals surface area contributed by atoms with E-state index in [9.17, 15) is 13.9 Å². The molecule has 1 fully saturated rings. The number of hydrogen-bond acceptors (Lipinski definition) is 5. The number of rotatable bonds is 2. The predicted octanol–water partition coefficient (Wildman–Crippen LogP) is 1.44. The van der Waals surface area contributed by atoms with Gasteiger partial charge in [-0.25, -0.2) is 8.78 Å². The number of halogens is 2. The number of aliphatic hydroxyl groups is 1. The molecule has 0 saturated carbocycles. The lowest BCUT2D eigenvalue weighted by molar-refractivity contribution is 0.0174. The molecule has 8 heteroatoms. The molecule has 2 heterocycles. The molecule has 1 aliphatic heterocycles. The largest absolute Gasteiger partial charge is 0.382 e. The number of β-amino-alcohol motifs (C(OH)–C–C–N with tert-alkyl or cyclic N) is 1. The quantitative estimate of drug-likeness (QED) is 0.876. The number of aromatic amines is 1. The summed E-state index contributed by atoms with van der Waals surface area (Å²) in [5.41, 5.74) is -1.30. The first-order valence-corrected chi connectivity index (χ1v) is 6.76. The van der Waals surface area contributed by atoms with Gasteiger partial charge in [0.15, 0.2) is 11.6 Å². The molecule has 0 radical (unpaired) electrons. The molecular weight excluding hydrogens is 292 g/mol. The smallest absolute Gasteiger partial charge is 0.150 e. The van der Waals surface area contributed by atoms with E-state index in [4.69, 9.17) is 5.26 Å². The monoisotopic (exact) mass is 305 g/mol. The lowest BCUT2D eigenvalue weighted by atomic mass is 9.89. The Kier molecular flexibility index (Phi) is 3.50. The molecular formula is C14H13F2N5O. The van der Waals surface area contributed by atoms with Crippen molar-refractivity contribution in [3.8, 4) is 6.07 Å². The number of aromatic nitrogens is 3. The molecule has 0 bridgehead atoms. The minimum Gasteiger partial charge on any atom is -0.382 e. The second kappa shape index (κ2) is 5.35. The van der Waals surface area contributed by atoms with Gasteiger partial charge in [-0.1, -0.05) is 0 Å². The van der Waals surface area contributed by atoms with Crippen LogP contribution in [0.3, 0.4) is 0 Å². The van der Waals surface area contributed by atoms with Gasteiger partial charge in [0.1, 0.15) is 17.0 Å². The van der Waals surface area contributed by atoms with Crippen molar-refractivity contribution in [2.45, 2.75) is 18.4 Å². The first kappa shape index (κ1) is 14.4. The third kappa shape index (κ3) is 2.40. The van der Waals surface area contributed by atoms with Crippen LogP contribution < -0.4 is 4.90 Å². The lowest BCUT2D eigenvalue weighted by Crippen LogP contribution is -2.47. The number of nitrogens with zero attached hydrogens (tertiary/aromatic N) is 4. The Bertz CT molecular complexity index is 704. The summed E-state index contributed by atoms with van der Waals surface area (Å²) in [5.74, 6) is -1.64. The van der Waals surface area contributed by atoms with Crippen LogP contribution in [-0.2, 0) is 5.60 Å². The summed E-state index contributed by atoms with van der Waals surface area (Å²) in [4.78, 5) is 1.43. The maximum atomic E-state index is 14.1. The highest BCUT2D eigenvalue weighted by molar-refractivity contribution is 5.53. The molecule has 1 aromatic heterocycles. The van der Waals surface area contributed by atoms with Crippen LogP contribution in [0.2, 0.25) is 0 Å². The third-order valence-electron chi connectivity index (χ3n) is 3.82. The summed E-state index contributed by atoms with van der Waals surface area (Å²) in [6.45, 7) is 0.402. The van der Waals surface area contributed by atoms with Crippen molar-refractivity contribution in [3.63, 3.8) is 0 Å². The molecule has 2 N–H and O–H groups in total. The molecule has 3 rings (SSSR count). The highest BCUT2D eigenvalue weighted by Crippen LogP contribution is 2.34. The molecule has 1 aliphatic rings. The minimum atomic E-state index is -1.32. The Morgan fingerprint density at radius 3 is 2.68 bits per heavy atom. The Morgan fingerprint density at radius 1 is 1.36 bits per heavy atom. The van der Waals surface area contributed by atoms with Gasteiger partial charge in [0, 0.05) is 6.54 Å². The Labute approximate surface area is 125 Å². The summed E-state index contributed by atoms with van der Waals surface area (Å²) >= 11 is 0.